The van der Waals surface area contributed by atoms with E-state index in [9.17, 15) is 9.18 Å². The number of amides is 1. The second-order valence-electron chi connectivity index (χ2n) is 7.90. The molecule has 2 aromatic rings. The minimum absolute atomic E-state index is 0.351. The highest BCUT2D eigenvalue weighted by molar-refractivity contribution is 8.13. The molecule has 1 aromatic carbocycles. The van der Waals surface area contributed by atoms with Crippen molar-refractivity contribution in [3.8, 4) is 11.3 Å². The number of carbonyl (C=O) groups excluding carboxylic acids is 1. The molecule has 9 heteroatoms. The highest BCUT2D eigenvalue weighted by Crippen LogP contribution is 2.38. The van der Waals surface area contributed by atoms with Gasteiger partial charge in [0.15, 0.2) is 5.17 Å². The van der Waals surface area contributed by atoms with E-state index in [1.165, 1.54) is 36.4 Å². The number of ether oxygens (including phenoxy) is 1. The second-order valence-corrected chi connectivity index (χ2v) is 8.96. The molecule has 0 bridgehead atoms. The molecule has 2 N–H and O–H groups in total. The van der Waals surface area contributed by atoms with E-state index in [2.05, 4.69) is 9.97 Å². The summed E-state index contributed by atoms with van der Waals surface area (Å²) in [5.41, 5.74) is 0.253. The van der Waals surface area contributed by atoms with Gasteiger partial charge in [-0.1, -0.05) is 17.8 Å². The monoisotopic (exact) mass is 417 g/mol. The van der Waals surface area contributed by atoms with Crippen LogP contribution in [0.5, 0.6) is 0 Å². The third kappa shape index (κ3) is 4.91. The Kier molecular flexibility index (Phi) is 5.90. The average molecular weight is 418 g/mol. The number of amidine groups is 1. The number of benzene rings is 1. The molecular formula is C20H24FN5O2S. The standard InChI is InChI=1S/C20H24FN5O2S/c1-19(2,3)28-18(27)26(22)17-25-20(4,7-10-29-17)13-5-6-15(21)14(11-13)16-12-23-8-9-24-16/h5-6,8-9,11-12H,7,10,22H2,1-4H3/t20-/m0/s1. The van der Waals surface area contributed by atoms with E-state index >= 15 is 0 Å². The van der Waals surface area contributed by atoms with Crippen LogP contribution in [-0.4, -0.2) is 37.6 Å². The number of hydrazine groups is 1. The van der Waals surface area contributed by atoms with Crippen molar-refractivity contribution in [1.82, 2.24) is 15.0 Å². The number of nitrogens with zero attached hydrogens (tertiary/aromatic N) is 4. The maximum atomic E-state index is 14.4. The zero-order chi connectivity index (χ0) is 21.2. The van der Waals surface area contributed by atoms with Crippen LogP contribution in [0.3, 0.4) is 0 Å². The smallest absolute Gasteiger partial charge is 0.431 e. The lowest BCUT2D eigenvalue weighted by Crippen LogP contribution is -2.46. The molecule has 154 valence electrons. The van der Waals surface area contributed by atoms with E-state index in [0.717, 1.165) is 10.6 Å². The summed E-state index contributed by atoms with van der Waals surface area (Å²) >= 11 is 1.38. The molecular weight excluding hydrogens is 393 g/mol. The SMILES string of the molecule is CC(C)(C)OC(=O)N(N)C1=N[C@](C)(c2ccc(F)c(-c3cnccn3)c2)CCS1. The molecule has 0 saturated heterocycles. The fourth-order valence-electron chi connectivity index (χ4n) is 2.86. The van der Waals surface area contributed by atoms with E-state index < -0.39 is 17.2 Å². The first-order valence-corrected chi connectivity index (χ1v) is 10.1. The van der Waals surface area contributed by atoms with Crippen molar-refractivity contribution in [1.29, 1.82) is 0 Å². The van der Waals surface area contributed by atoms with Gasteiger partial charge in [-0.15, -0.1) is 0 Å². The Hall–Kier alpha value is -2.52. The first-order chi connectivity index (χ1) is 13.6. The molecule has 0 aliphatic carbocycles. The predicted octanol–water partition coefficient (Wildman–Crippen LogP) is 4.10. The zero-order valence-corrected chi connectivity index (χ0v) is 17.7. The predicted molar refractivity (Wildman–Crippen MR) is 112 cm³/mol. The third-order valence-corrected chi connectivity index (χ3v) is 5.34. The first-order valence-electron chi connectivity index (χ1n) is 9.16. The highest BCUT2D eigenvalue weighted by Gasteiger charge is 2.34. The lowest BCUT2D eigenvalue weighted by Gasteiger charge is -2.33. The number of aromatic nitrogens is 2. The van der Waals surface area contributed by atoms with Crippen molar-refractivity contribution in [2.24, 2.45) is 10.8 Å². The van der Waals surface area contributed by atoms with Gasteiger partial charge >= 0.3 is 6.09 Å². The summed E-state index contributed by atoms with van der Waals surface area (Å²) in [4.78, 5) is 25.2. The van der Waals surface area contributed by atoms with Crippen LogP contribution < -0.4 is 5.84 Å². The van der Waals surface area contributed by atoms with Crippen LogP contribution in [0.2, 0.25) is 0 Å². The minimum atomic E-state index is -0.676. The average Bonchev–Trinajstić information content (AvgIpc) is 2.67. The Labute approximate surface area is 173 Å². The van der Waals surface area contributed by atoms with Crippen molar-refractivity contribution in [3.63, 3.8) is 0 Å². The number of rotatable bonds is 2. The maximum Gasteiger partial charge on any atom is 0.431 e. The Bertz CT molecular complexity index is 932. The molecule has 0 saturated carbocycles. The van der Waals surface area contributed by atoms with Gasteiger partial charge in [0.2, 0.25) is 0 Å². The quantitative estimate of drug-likeness (QED) is 0.449. The summed E-state index contributed by atoms with van der Waals surface area (Å²) in [6, 6.07) is 4.82. The second kappa shape index (κ2) is 8.08. The molecule has 7 nitrogen and oxygen atoms in total. The number of halogens is 1. The zero-order valence-electron chi connectivity index (χ0n) is 16.8. The molecule has 0 spiro atoms. The molecule has 3 rings (SSSR count). The van der Waals surface area contributed by atoms with Gasteiger partial charge in [0.25, 0.3) is 0 Å². The molecule has 1 amide bonds. The van der Waals surface area contributed by atoms with Crippen LogP contribution in [0.15, 0.2) is 41.8 Å². The molecule has 1 aliphatic heterocycles. The number of carbonyl (C=O) groups is 1. The molecule has 0 unspecified atom stereocenters. The fraction of sp³-hybridized carbons (Fsp3) is 0.400. The normalized spacial score (nSPS) is 19.4. The van der Waals surface area contributed by atoms with E-state index in [1.807, 2.05) is 6.92 Å². The van der Waals surface area contributed by atoms with Crippen LogP contribution in [0.25, 0.3) is 11.3 Å². The molecule has 1 aromatic heterocycles. The van der Waals surface area contributed by atoms with Crippen LogP contribution in [-0.2, 0) is 10.3 Å². The van der Waals surface area contributed by atoms with Gasteiger partial charge in [0.05, 0.1) is 17.4 Å². The van der Waals surface area contributed by atoms with E-state index in [-0.39, 0.29) is 5.82 Å². The van der Waals surface area contributed by atoms with Gasteiger partial charge in [-0.3, -0.25) is 9.97 Å². The maximum absolute atomic E-state index is 14.4. The van der Waals surface area contributed by atoms with Crippen LogP contribution >= 0.6 is 11.8 Å². The molecule has 0 fully saturated rings. The summed E-state index contributed by atoms with van der Waals surface area (Å²) in [5.74, 6) is 6.28. The summed E-state index contributed by atoms with van der Waals surface area (Å²) in [6.45, 7) is 7.24. The van der Waals surface area contributed by atoms with Gasteiger partial charge in [-0.05, 0) is 51.8 Å². The van der Waals surface area contributed by atoms with Gasteiger partial charge < -0.3 is 4.74 Å². The van der Waals surface area contributed by atoms with Crippen molar-refractivity contribution in [2.75, 3.05) is 5.75 Å². The fourth-order valence-corrected chi connectivity index (χ4v) is 4.02. The van der Waals surface area contributed by atoms with Crippen LogP contribution in [0.1, 0.15) is 39.7 Å². The lowest BCUT2D eigenvalue weighted by atomic mass is 9.88. The molecule has 29 heavy (non-hydrogen) atoms. The Morgan fingerprint density at radius 2 is 2.10 bits per heavy atom. The molecule has 2 heterocycles. The topological polar surface area (TPSA) is 93.7 Å². The largest absolute Gasteiger partial charge is 0.442 e. The van der Waals surface area contributed by atoms with Crippen molar-refractivity contribution >= 4 is 23.0 Å². The molecule has 1 aliphatic rings. The summed E-state index contributed by atoms with van der Waals surface area (Å²) in [5, 5.41) is 1.29. The highest BCUT2D eigenvalue weighted by atomic mass is 32.2. The number of hydrogen-bond acceptors (Lipinski definition) is 7. The Balaban J connectivity index is 1.94. The first kappa shape index (κ1) is 21.2. The van der Waals surface area contributed by atoms with E-state index in [4.69, 9.17) is 15.6 Å². The third-order valence-electron chi connectivity index (χ3n) is 4.39. The van der Waals surface area contributed by atoms with Gasteiger partial charge in [0.1, 0.15) is 11.4 Å². The van der Waals surface area contributed by atoms with Crippen molar-refractivity contribution < 1.29 is 13.9 Å². The van der Waals surface area contributed by atoms with Gasteiger partial charge in [-0.2, -0.15) is 5.01 Å². The number of aliphatic imine (C=N–C) groups is 1. The summed E-state index contributed by atoms with van der Waals surface area (Å²) in [6.07, 6.45) is 4.60. The Morgan fingerprint density at radius 3 is 2.76 bits per heavy atom. The van der Waals surface area contributed by atoms with Crippen LogP contribution in [0.4, 0.5) is 9.18 Å². The number of hydrogen-bond donors (Lipinski definition) is 1. The summed E-state index contributed by atoms with van der Waals surface area (Å²) < 4.78 is 19.7. The molecule has 1 atom stereocenters. The lowest BCUT2D eigenvalue weighted by molar-refractivity contribution is 0.0371. The minimum Gasteiger partial charge on any atom is -0.442 e. The molecule has 0 radical (unpaired) electrons. The van der Waals surface area contributed by atoms with E-state index in [0.29, 0.717) is 28.6 Å². The number of thioether (sulfide) groups is 1. The number of nitrogens with two attached hydrogens (primary N) is 1. The Morgan fingerprint density at radius 1 is 1.34 bits per heavy atom. The summed E-state index contributed by atoms with van der Waals surface area (Å²) in [7, 11) is 0. The van der Waals surface area contributed by atoms with Crippen molar-refractivity contribution in [2.45, 2.75) is 45.3 Å². The van der Waals surface area contributed by atoms with Crippen molar-refractivity contribution in [3.05, 3.63) is 48.2 Å². The van der Waals surface area contributed by atoms with Gasteiger partial charge in [0, 0.05) is 23.7 Å². The van der Waals surface area contributed by atoms with Gasteiger partial charge in [-0.25, -0.2) is 20.0 Å². The van der Waals surface area contributed by atoms with Crippen LogP contribution in [0, 0.1) is 5.82 Å². The van der Waals surface area contributed by atoms with E-state index in [1.54, 1.807) is 32.9 Å².